The molecule has 9 aromatic carbocycles. The normalized spacial score (nSPS) is 16.0. The van der Waals surface area contributed by atoms with Crippen LogP contribution in [0.25, 0.3) is 67.3 Å². The number of hydrogen-bond donors (Lipinski definition) is 0. The number of rotatable bonds is 3. The summed E-state index contributed by atoms with van der Waals surface area (Å²) in [6.45, 7) is 0. The minimum absolute atomic E-state index is 0.313. The summed E-state index contributed by atoms with van der Waals surface area (Å²) in [6, 6.07) is 79.2. The summed E-state index contributed by atoms with van der Waals surface area (Å²) >= 11 is 0. The molecule has 1 aromatic heterocycles. The van der Waals surface area contributed by atoms with Crippen LogP contribution in [0.2, 0.25) is 0 Å². The first-order valence-electron chi connectivity index (χ1n) is 22.1. The first kappa shape index (κ1) is 33.7. The van der Waals surface area contributed by atoms with E-state index in [9.17, 15) is 0 Å². The summed E-state index contributed by atoms with van der Waals surface area (Å²) in [5, 5.41) is 0. The fourth-order valence-corrected chi connectivity index (χ4v) is 12.8. The molecule has 0 saturated heterocycles. The Morgan fingerprint density at radius 1 is 0.302 bits per heavy atom. The molecule has 1 heterocycles. The number of nitrogens with zero attached hydrogens (tertiary/aromatic N) is 2. The summed E-state index contributed by atoms with van der Waals surface area (Å²) in [4.78, 5) is 10.8. The maximum Gasteiger partial charge on any atom is 0.160 e. The van der Waals surface area contributed by atoms with E-state index >= 15 is 0 Å². The Labute approximate surface area is 365 Å². The van der Waals surface area contributed by atoms with Crippen molar-refractivity contribution in [1.82, 2.24) is 9.97 Å². The number of hydrogen-bond acceptors (Lipinski definition) is 2. The lowest BCUT2D eigenvalue weighted by Crippen LogP contribution is -2.44. The standard InChI is InChI=1S/C61H36N2/c1-3-16-36(17-4-1)53-35-54(37-18-5-2-6-19-37)63-59(62-53)38-30-31-41-44-33-32-43-42-22-15-23-45-55(42)56(45)57(43)58(44)61(52(41)34-38)50-28-13-11-26-48(50)60(49-27-12-14-29-51(49)61)46-24-9-7-20-39(46)40-21-8-10-25-47(40)60/h1-35,56H. The minimum atomic E-state index is -0.632. The predicted octanol–water partition coefficient (Wildman–Crippen LogP) is 14.0. The highest BCUT2D eigenvalue weighted by Gasteiger charge is 2.61. The van der Waals surface area contributed by atoms with Gasteiger partial charge in [0.05, 0.1) is 22.2 Å². The smallest absolute Gasteiger partial charge is 0.160 e. The molecule has 1 unspecified atom stereocenters. The van der Waals surface area contributed by atoms with E-state index in [1.165, 1.54) is 94.6 Å². The summed E-state index contributed by atoms with van der Waals surface area (Å²) in [7, 11) is 0. The first-order valence-corrected chi connectivity index (χ1v) is 22.1. The summed E-state index contributed by atoms with van der Waals surface area (Å²) in [5.41, 5.74) is 27.1. The van der Waals surface area contributed by atoms with Gasteiger partial charge >= 0.3 is 0 Å². The van der Waals surface area contributed by atoms with E-state index < -0.39 is 10.8 Å². The zero-order chi connectivity index (χ0) is 41.0. The van der Waals surface area contributed by atoms with E-state index in [2.05, 4.69) is 212 Å². The summed E-state index contributed by atoms with van der Waals surface area (Å²) < 4.78 is 0. The Kier molecular flexibility index (Phi) is 6.38. The van der Waals surface area contributed by atoms with Gasteiger partial charge in [0.2, 0.25) is 0 Å². The molecule has 0 amide bonds. The molecule has 2 nitrogen and oxygen atoms in total. The molecule has 5 aliphatic carbocycles. The molecule has 290 valence electrons. The van der Waals surface area contributed by atoms with Gasteiger partial charge in [-0.3, -0.25) is 0 Å². The van der Waals surface area contributed by atoms with Crippen LogP contribution < -0.4 is 0 Å². The van der Waals surface area contributed by atoms with Crippen molar-refractivity contribution in [3.8, 4) is 67.3 Å². The van der Waals surface area contributed by atoms with Gasteiger partial charge in [0.25, 0.3) is 0 Å². The Bertz CT molecular complexity index is 3480. The van der Waals surface area contributed by atoms with Gasteiger partial charge in [0.15, 0.2) is 5.82 Å². The zero-order valence-electron chi connectivity index (χ0n) is 34.2. The van der Waals surface area contributed by atoms with Gasteiger partial charge in [0.1, 0.15) is 0 Å². The van der Waals surface area contributed by atoms with E-state index in [1.807, 2.05) is 0 Å². The Hall–Kier alpha value is -7.94. The molecule has 1 atom stereocenters. The van der Waals surface area contributed by atoms with Crippen LogP contribution >= 0.6 is 0 Å². The lowest BCUT2D eigenvalue weighted by atomic mass is 9.52. The van der Waals surface area contributed by atoms with Crippen molar-refractivity contribution in [2.75, 3.05) is 0 Å². The SMILES string of the molecule is c1ccc(-c2cc(-c3ccccc3)nc(-c3ccc4c(c3)C3(c5ccccc5C5(c6ccccc6-c6ccccc65)c5ccccc53)c3c-4ccc4c3C3c5cccc-4c53)n2)cc1. The highest BCUT2D eigenvalue weighted by Crippen LogP contribution is 2.72. The van der Waals surface area contributed by atoms with Crippen LogP contribution in [0, 0.1) is 0 Å². The summed E-state index contributed by atoms with van der Waals surface area (Å²) in [6.07, 6.45) is 0. The molecule has 0 saturated carbocycles. The van der Waals surface area contributed by atoms with Crippen LogP contribution in [0.5, 0.6) is 0 Å². The van der Waals surface area contributed by atoms with Crippen LogP contribution in [-0.4, -0.2) is 9.97 Å². The molecule has 0 bridgehead atoms. The average Bonchev–Trinajstić information content (AvgIpc) is 3.74. The Balaban J connectivity index is 1.07. The largest absolute Gasteiger partial charge is 0.228 e. The van der Waals surface area contributed by atoms with Crippen LogP contribution in [0.15, 0.2) is 212 Å². The summed E-state index contributed by atoms with van der Waals surface area (Å²) in [5.74, 6) is 1.04. The second-order valence-corrected chi connectivity index (χ2v) is 17.8. The predicted molar refractivity (Wildman–Crippen MR) is 253 cm³/mol. The van der Waals surface area contributed by atoms with Gasteiger partial charge in [-0.05, 0) is 107 Å². The molecule has 63 heavy (non-hydrogen) atoms. The molecule has 10 aromatic rings. The quantitative estimate of drug-likeness (QED) is 0.178. The zero-order valence-corrected chi connectivity index (χ0v) is 34.2. The molecule has 0 N–H and O–H groups in total. The second kappa shape index (κ2) is 11.9. The highest BCUT2D eigenvalue weighted by molar-refractivity contribution is 6.00. The number of fused-ring (bicyclic) bond motifs is 21. The van der Waals surface area contributed by atoms with E-state index in [1.54, 1.807) is 0 Å². The topological polar surface area (TPSA) is 25.8 Å². The lowest BCUT2D eigenvalue weighted by molar-refractivity contribution is 0.630. The van der Waals surface area contributed by atoms with Crippen molar-refractivity contribution >= 4 is 0 Å². The van der Waals surface area contributed by atoms with E-state index in [0.717, 1.165) is 33.9 Å². The molecule has 2 heteroatoms. The van der Waals surface area contributed by atoms with Crippen molar-refractivity contribution in [2.24, 2.45) is 0 Å². The first-order chi connectivity index (χ1) is 31.3. The van der Waals surface area contributed by atoms with Gasteiger partial charge in [-0.25, -0.2) is 9.97 Å². The van der Waals surface area contributed by atoms with Crippen LogP contribution in [0.3, 0.4) is 0 Å². The minimum Gasteiger partial charge on any atom is -0.228 e. The second-order valence-electron chi connectivity index (χ2n) is 17.8. The number of aromatic nitrogens is 2. The third kappa shape index (κ3) is 4.06. The Morgan fingerprint density at radius 2 is 0.762 bits per heavy atom. The molecular weight excluding hydrogens is 761 g/mol. The molecule has 0 fully saturated rings. The molecule has 2 spiro atoms. The van der Waals surface area contributed by atoms with Crippen molar-refractivity contribution in [2.45, 2.75) is 16.7 Å². The van der Waals surface area contributed by atoms with Crippen molar-refractivity contribution in [3.63, 3.8) is 0 Å². The van der Waals surface area contributed by atoms with Gasteiger partial charge < -0.3 is 0 Å². The van der Waals surface area contributed by atoms with E-state index in [4.69, 9.17) is 9.97 Å². The van der Waals surface area contributed by atoms with Gasteiger partial charge in [0, 0.05) is 22.6 Å². The van der Waals surface area contributed by atoms with Gasteiger partial charge in [-0.2, -0.15) is 0 Å². The maximum atomic E-state index is 5.39. The van der Waals surface area contributed by atoms with Crippen molar-refractivity contribution in [3.05, 3.63) is 274 Å². The van der Waals surface area contributed by atoms with Crippen LogP contribution in [0.4, 0.5) is 0 Å². The molecule has 5 aliphatic rings. The Morgan fingerprint density at radius 3 is 1.37 bits per heavy atom. The van der Waals surface area contributed by atoms with Crippen LogP contribution in [-0.2, 0) is 10.8 Å². The van der Waals surface area contributed by atoms with E-state index in [0.29, 0.717) is 5.92 Å². The fourth-order valence-electron chi connectivity index (χ4n) is 12.8. The van der Waals surface area contributed by atoms with Crippen molar-refractivity contribution < 1.29 is 0 Å². The van der Waals surface area contributed by atoms with Crippen LogP contribution in [0.1, 0.15) is 67.1 Å². The molecule has 0 aliphatic heterocycles. The maximum absolute atomic E-state index is 5.39. The number of benzene rings is 9. The van der Waals surface area contributed by atoms with Crippen molar-refractivity contribution in [1.29, 1.82) is 0 Å². The highest BCUT2D eigenvalue weighted by atomic mass is 14.9. The third-order valence-electron chi connectivity index (χ3n) is 15.1. The molecular formula is C61H36N2. The average molecular weight is 797 g/mol. The fraction of sp³-hybridized carbons (Fsp3) is 0.0492. The van der Waals surface area contributed by atoms with Gasteiger partial charge in [-0.15, -0.1) is 0 Å². The van der Waals surface area contributed by atoms with Gasteiger partial charge in [-0.1, -0.05) is 200 Å². The lowest BCUT2D eigenvalue weighted by Gasteiger charge is -2.49. The van der Waals surface area contributed by atoms with E-state index in [-0.39, 0.29) is 0 Å². The third-order valence-corrected chi connectivity index (χ3v) is 15.1. The molecule has 15 rings (SSSR count). The monoisotopic (exact) mass is 796 g/mol. The molecule has 0 radical (unpaired) electrons.